The van der Waals surface area contributed by atoms with Crippen molar-refractivity contribution in [3.8, 4) is 0 Å². The Kier molecular flexibility index (Phi) is 6.18. The van der Waals surface area contributed by atoms with Crippen molar-refractivity contribution in [3.63, 3.8) is 0 Å². The fraction of sp³-hybridized carbons (Fsp3) is 0.696. The second-order valence-electron chi connectivity index (χ2n) is 9.06. The van der Waals surface area contributed by atoms with E-state index in [1.165, 1.54) is 12.8 Å². The monoisotopic (exact) mass is 398 g/mol. The first-order valence-corrected chi connectivity index (χ1v) is 11.3. The van der Waals surface area contributed by atoms with Gasteiger partial charge in [-0.2, -0.15) is 0 Å². The molecule has 3 aliphatic heterocycles. The van der Waals surface area contributed by atoms with Crippen molar-refractivity contribution in [2.75, 3.05) is 32.7 Å². The van der Waals surface area contributed by atoms with Gasteiger partial charge in [0.2, 0.25) is 11.8 Å². The van der Waals surface area contributed by atoms with E-state index in [1.807, 2.05) is 23.1 Å². The summed E-state index contributed by atoms with van der Waals surface area (Å²) in [6.45, 7) is 7.31. The van der Waals surface area contributed by atoms with Gasteiger partial charge in [-0.3, -0.25) is 19.5 Å². The van der Waals surface area contributed by atoms with E-state index in [4.69, 9.17) is 0 Å². The smallest absolute Gasteiger partial charge is 0.239 e. The Labute approximate surface area is 174 Å². The minimum Gasteiger partial charge on any atom is -0.341 e. The normalized spacial score (nSPS) is 23.6. The molecule has 0 N–H and O–H groups in total. The average Bonchev–Trinajstić information content (AvgIpc) is 3.27. The SMILES string of the molecule is CCC(C(=O)N1CCC2(CCC(=O)N(Cc3ccccn3)C2)CC1)N1CCCC1. The summed E-state index contributed by atoms with van der Waals surface area (Å²) < 4.78 is 0. The minimum atomic E-state index is 0.0557. The molecule has 6 nitrogen and oxygen atoms in total. The number of hydrogen-bond acceptors (Lipinski definition) is 4. The number of likely N-dealkylation sites (tertiary alicyclic amines) is 3. The van der Waals surface area contributed by atoms with E-state index >= 15 is 0 Å². The van der Waals surface area contributed by atoms with E-state index in [2.05, 4.69) is 21.7 Å². The van der Waals surface area contributed by atoms with Gasteiger partial charge in [-0.25, -0.2) is 0 Å². The summed E-state index contributed by atoms with van der Waals surface area (Å²) in [5.41, 5.74) is 1.11. The predicted molar refractivity (Wildman–Crippen MR) is 112 cm³/mol. The summed E-state index contributed by atoms with van der Waals surface area (Å²) >= 11 is 0. The van der Waals surface area contributed by atoms with Gasteiger partial charge < -0.3 is 9.80 Å². The standard InChI is InChI=1S/C23H34N4O2/c1-2-20(25-13-5-6-14-25)22(29)26-15-10-23(11-16-26)9-8-21(28)27(18-23)17-19-7-3-4-12-24-19/h3-4,7,12,20H,2,5-6,8-11,13-18H2,1H3. The molecule has 1 unspecified atom stereocenters. The maximum atomic E-state index is 13.2. The second kappa shape index (κ2) is 8.82. The van der Waals surface area contributed by atoms with Gasteiger partial charge in [0.05, 0.1) is 18.3 Å². The lowest BCUT2D eigenvalue weighted by molar-refractivity contribution is -0.145. The van der Waals surface area contributed by atoms with Gasteiger partial charge in [0.1, 0.15) is 0 Å². The Hall–Kier alpha value is -1.95. The maximum Gasteiger partial charge on any atom is 0.239 e. The molecule has 6 heteroatoms. The summed E-state index contributed by atoms with van der Waals surface area (Å²) in [4.78, 5) is 36.5. The van der Waals surface area contributed by atoms with Crippen molar-refractivity contribution in [1.29, 1.82) is 0 Å². The molecule has 1 aromatic rings. The van der Waals surface area contributed by atoms with Crippen molar-refractivity contribution in [2.45, 2.75) is 64.5 Å². The Morgan fingerprint density at radius 2 is 1.90 bits per heavy atom. The summed E-state index contributed by atoms with van der Waals surface area (Å²) in [5.74, 6) is 0.557. The number of hydrogen-bond donors (Lipinski definition) is 0. The summed E-state index contributed by atoms with van der Waals surface area (Å²) in [7, 11) is 0. The number of rotatable bonds is 5. The third-order valence-corrected chi connectivity index (χ3v) is 7.22. The number of carbonyl (C=O) groups is 2. The molecule has 0 saturated carbocycles. The Morgan fingerprint density at radius 1 is 1.14 bits per heavy atom. The zero-order valence-corrected chi connectivity index (χ0v) is 17.7. The molecule has 0 radical (unpaired) electrons. The van der Waals surface area contributed by atoms with Crippen LogP contribution in [0, 0.1) is 5.41 Å². The van der Waals surface area contributed by atoms with E-state index < -0.39 is 0 Å². The molecule has 29 heavy (non-hydrogen) atoms. The van der Waals surface area contributed by atoms with Gasteiger partial charge in [0.25, 0.3) is 0 Å². The number of aromatic nitrogens is 1. The van der Waals surface area contributed by atoms with Crippen LogP contribution < -0.4 is 0 Å². The summed E-state index contributed by atoms with van der Waals surface area (Å²) in [6.07, 6.45) is 8.69. The van der Waals surface area contributed by atoms with Crippen LogP contribution in [0.5, 0.6) is 0 Å². The second-order valence-corrected chi connectivity index (χ2v) is 9.06. The molecule has 3 saturated heterocycles. The molecule has 4 heterocycles. The third kappa shape index (κ3) is 4.47. The summed E-state index contributed by atoms with van der Waals surface area (Å²) in [6, 6.07) is 5.92. The maximum absolute atomic E-state index is 13.2. The first-order chi connectivity index (χ1) is 14.1. The lowest BCUT2D eigenvalue weighted by Crippen LogP contribution is -2.55. The van der Waals surface area contributed by atoms with Gasteiger partial charge in [-0.05, 0) is 69.2 Å². The van der Waals surface area contributed by atoms with Crippen LogP contribution in [0.15, 0.2) is 24.4 Å². The molecule has 1 spiro atoms. The molecule has 1 aromatic heterocycles. The lowest BCUT2D eigenvalue weighted by atomic mass is 9.72. The van der Waals surface area contributed by atoms with Gasteiger partial charge in [0, 0.05) is 32.3 Å². The van der Waals surface area contributed by atoms with Crippen LogP contribution in [0.3, 0.4) is 0 Å². The van der Waals surface area contributed by atoms with E-state index in [0.717, 1.165) is 64.1 Å². The largest absolute Gasteiger partial charge is 0.341 e. The Morgan fingerprint density at radius 3 is 2.55 bits per heavy atom. The molecule has 2 amide bonds. The molecular formula is C23H34N4O2. The molecule has 4 rings (SSSR count). The lowest BCUT2D eigenvalue weighted by Gasteiger charge is -2.48. The first kappa shape index (κ1) is 20.3. The molecule has 3 fully saturated rings. The molecule has 158 valence electrons. The molecule has 0 aromatic carbocycles. The van der Waals surface area contributed by atoms with Crippen LogP contribution >= 0.6 is 0 Å². The van der Waals surface area contributed by atoms with Crippen LogP contribution in [0.1, 0.15) is 57.6 Å². The van der Waals surface area contributed by atoms with Crippen LogP contribution in [-0.4, -0.2) is 70.3 Å². The highest BCUT2D eigenvalue weighted by atomic mass is 16.2. The van der Waals surface area contributed by atoms with Crippen LogP contribution in [0.25, 0.3) is 0 Å². The van der Waals surface area contributed by atoms with E-state index in [0.29, 0.717) is 18.9 Å². The Bertz CT molecular complexity index is 709. The van der Waals surface area contributed by atoms with Crippen molar-refractivity contribution < 1.29 is 9.59 Å². The van der Waals surface area contributed by atoms with E-state index in [9.17, 15) is 9.59 Å². The number of piperidine rings is 2. The first-order valence-electron chi connectivity index (χ1n) is 11.3. The molecule has 0 bridgehead atoms. The molecule has 1 atom stereocenters. The molecule has 3 aliphatic rings. The highest BCUT2D eigenvalue weighted by molar-refractivity contribution is 5.82. The Balaban J connectivity index is 1.36. The quantitative estimate of drug-likeness (QED) is 0.765. The minimum absolute atomic E-state index is 0.0557. The fourth-order valence-corrected chi connectivity index (χ4v) is 5.40. The zero-order valence-electron chi connectivity index (χ0n) is 17.7. The van der Waals surface area contributed by atoms with Crippen LogP contribution in [0.4, 0.5) is 0 Å². The highest BCUT2D eigenvalue weighted by Crippen LogP contribution is 2.40. The molecule has 0 aliphatic carbocycles. The van der Waals surface area contributed by atoms with E-state index in [1.54, 1.807) is 6.20 Å². The number of amides is 2. The zero-order chi connectivity index (χ0) is 20.3. The predicted octanol–water partition coefficient (Wildman–Crippen LogP) is 2.69. The summed E-state index contributed by atoms with van der Waals surface area (Å²) in [5, 5.41) is 0. The van der Waals surface area contributed by atoms with Crippen LogP contribution in [0.2, 0.25) is 0 Å². The third-order valence-electron chi connectivity index (χ3n) is 7.22. The van der Waals surface area contributed by atoms with Gasteiger partial charge in [0.15, 0.2) is 0 Å². The topological polar surface area (TPSA) is 56.8 Å². The van der Waals surface area contributed by atoms with E-state index in [-0.39, 0.29) is 17.4 Å². The van der Waals surface area contributed by atoms with Crippen molar-refractivity contribution in [1.82, 2.24) is 19.7 Å². The average molecular weight is 399 g/mol. The van der Waals surface area contributed by atoms with Crippen molar-refractivity contribution >= 4 is 11.8 Å². The van der Waals surface area contributed by atoms with Gasteiger partial charge >= 0.3 is 0 Å². The molecular weight excluding hydrogens is 364 g/mol. The van der Waals surface area contributed by atoms with Gasteiger partial charge in [-0.15, -0.1) is 0 Å². The number of carbonyl (C=O) groups excluding carboxylic acids is 2. The van der Waals surface area contributed by atoms with Gasteiger partial charge in [-0.1, -0.05) is 13.0 Å². The highest BCUT2D eigenvalue weighted by Gasteiger charge is 2.42. The van der Waals surface area contributed by atoms with Crippen molar-refractivity contribution in [2.24, 2.45) is 5.41 Å². The number of nitrogens with zero attached hydrogens (tertiary/aromatic N) is 4. The van der Waals surface area contributed by atoms with Crippen LogP contribution in [-0.2, 0) is 16.1 Å². The fourth-order valence-electron chi connectivity index (χ4n) is 5.40. The van der Waals surface area contributed by atoms with Crippen molar-refractivity contribution in [3.05, 3.63) is 30.1 Å². The number of pyridine rings is 1.